The number of ether oxygens (including phenoxy) is 1. The minimum atomic E-state index is -0.0762. The number of hydrogen-bond donors (Lipinski definition) is 1. The molecule has 1 amide bonds. The van der Waals surface area contributed by atoms with Crippen LogP contribution in [-0.2, 0) is 17.7 Å². The highest BCUT2D eigenvalue weighted by molar-refractivity contribution is 7.12. The summed E-state index contributed by atoms with van der Waals surface area (Å²) >= 11 is 1.88. The number of carbonyl (C=O) groups is 1. The highest BCUT2D eigenvalue weighted by Crippen LogP contribution is 2.44. The van der Waals surface area contributed by atoms with Crippen molar-refractivity contribution in [2.24, 2.45) is 5.92 Å². The van der Waals surface area contributed by atoms with Gasteiger partial charge in [-0.1, -0.05) is 6.92 Å². The molecule has 4 heterocycles. The van der Waals surface area contributed by atoms with E-state index in [0.29, 0.717) is 42.6 Å². The van der Waals surface area contributed by atoms with E-state index in [2.05, 4.69) is 23.7 Å². The van der Waals surface area contributed by atoms with Crippen LogP contribution in [0.25, 0.3) is 0 Å². The highest BCUT2D eigenvalue weighted by Gasteiger charge is 2.37. The Hall–Kier alpha value is -1.96. The molecule has 3 aliphatic rings. The van der Waals surface area contributed by atoms with Crippen LogP contribution in [-0.4, -0.2) is 59.6 Å². The van der Waals surface area contributed by atoms with Crippen molar-refractivity contribution < 1.29 is 9.53 Å². The zero-order valence-electron chi connectivity index (χ0n) is 22.5. The van der Waals surface area contributed by atoms with Crippen LogP contribution in [0.5, 0.6) is 0 Å². The van der Waals surface area contributed by atoms with Crippen LogP contribution < -0.4 is 5.56 Å². The zero-order valence-corrected chi connectivity index (χ0v) is 23.3. The fourth-order valence-electron chi connectivity index (χ4n) is 6.69. The Labute approximate surface area is 219 Å². The first-order valence-corrected chi connectivity index (χ1v) is 14.5. The molecule has 0 radical (unpaired) electrons. The Morgan fingerprint density at radius 1 is 1.14 bits per heavy atom. The van der Waals surface area contributed by atoms with Crippen LogP contribution in [0, 0.1) is 26.7 Å². The van der Waals surface area contributed by atoms with E-state index in [4.69, 9.17) is 4.74 Å². The van der Waals surface area contributed by atoms with Gasteiger partial charge in [-0.25, -0.2) is 0 Å². The van der Waals surface area contributed by atoms with Gasteiger partial charge in [-0.05, 0) is 88.3 Å². The molecule has 2 fully saturated rings. The standard InChI is InChI=1S/C29H41N3O3S/c1-17-13-18(2)30-28(33)24(17)16-31-12-6-7-25-26(29(31)34)20(4)27(36-25)19(3)21-8-10-22(11-9-21)32-14-23(15-32)35-5/h13,19,21-23H,6-12,14-16H2,1-5H3,(H,30,33). The molecule has 6 nitrogen and oxygen atoms in total. The van der Waals surface area contributed by atoms with Gasteiger partial charge in [0.25, 0.3) is 11.5 Å². The Morgan fingerprint density at radius 2 is 1.86 bits per heavy atom. The molecule has 2 aromatic rings. The Balaban J connectivity index is 1.29. The minimum Gasteiger partial charge on any atom is -0.379 e. The van der Waals surface area contributed by atoms with Crippen LogP contribution >= 0.6 is 11.3 Å². The summed E-state index contributed by atoms with van der Waals surface area (Å²) in [7, 11) is 1.82. The van der Waals surface area contributed by atoms with E-state index >= 15 is 0 Å². The maximum Gasteiger partial charge on any atom is 0.255 e. The highest BCUT2D eigenvalue weighted by atomic mass is 32.1. The van der Waals surface area contributed by atoms with E-state index in [1.807, 2.05) is 43.3 Å². The average Bonchev–Trinajstić information content (AvgIpc) is 3.06. The summed E-state index contributed by atoms with van der Waals surface area (Å²) in [5.74, 6) is 1.26. The van der Waals surface area contributed by atoms with Gasteiger partial charge >= 0.3 is 0 Å². The lowest BCUT2D eigenvalue weighted by Crippen LogP contribution is -2.56. The molecule has 0 aromatic carbocycles. The molecule has 1 aliphatic carbocycles. The van der Waals surface area contributed by atoms with Crippen molar-refractivity contribution in [2.75, 3.05) is 26.7 Å². The SMILES string of the molecule is COC1CN(C2CCC(C(C)c3sc4c(c3C)C(=O)N(Cc3c(C)cc(C)[nH]c3=O)CCC4)CC2)C1. The van der Waals surface area contributed by atoms with Gasteiger partial charge in [-0.15, -0.1) is 11.3 Å². The van der Waals surface area contributed by atoms with Gasteiger partial charge in [0, 0.05) is 53.8 Å². The van der Waals surface area contributed by atoms with Crippen LogP contribution in [0.2, 0.25) is 0 Å². The van der Waals surface area contributed by atoms with Gasteiger partial charge in [0.15, 0.2) is 0 Å². The summed E-state index contributed by atoms with van der Waals surface area (Å²) in [6.45, 7) is 11.6. The van der Waals surface area contributed by atoms with Crippen molar-refractivity contribution in [1.29, 1.82) is 0 Å². The molecule has 1 unspecified atom stereocenters. The quantitative estimate of drug-likeness (QED) is 0.596. The van der Waals surface area contributed by atoms with Gasteiger partial charge in [-0.2, -0.15) is 0 Å². The molecular weight excluding hydrogens is 470 g/mol. The summed E-state index contributed by atoms with van der Waals surface area (Å²) in [6.07, 6.45) is 7.38. The molecule has 0 spiro atoms. The maximum atomic E-state index is 13.8. The molecule has 36 heavy (non-hydrogen) atoms. The summed E-state index contributed by atoms with van der Waals surface area (Å²) in [5, 5.41) is 0. The summed E-state index contributed by atoms with van der Waals surface area (Å²) in [6, 6.07) is 2.71. The average molecular weight is 512 g/mol. The smallest absolute Gasteiger partial charge is 0.255 e. The minimum absolute atomic E-state index is 0.0762. The number of nitrogens with zero attached hydrogens (tertiary/aromatic N) is 2. The number of methoxy groups -OCH3 is 1. The largest absolute Gasteiger partial charge is 0.379 e. The van der Waals surface area contributed by atoms with Gasteiger partial charge in [0.05, 0.1) is 18.2 Å². The number of carbonyl (C=O) groups excluding carboxylic acids is 1. The molecule has 7 heteroatoms. The Bertz CT molecular complexity index is 1170. The monoisotopic (exact) mass is 511 g/mol. The van der Waals surface area contributed by atoms with E-state index in [1.54, 1.807) is 0 Å². The van der Waals surface area contributed by atoms with Crippen molar-refractivity contribution in [3.63, 3.8) is 0 Å². The number of amides is 1. The van der Waals surface area contributed by atoms with Crippen LogP contribution in [0.1, 0.15) is 87.4 Å². The number of rotatable bonds is 6. The van der Waals surface area contributed by atoms with Crippen LogP contribution in [0.3, 0.4) is 0 Å². The Kier molecular flexibility index (Phi) is 7.44. The lowest BCUT2D eigenvalue weighted by molar-refractivity contribution is -0.0600. The summed E-state index contributed by atoms with van der Waals surface area (Å²) < 4.78 is 5.46. The number of thiophene rings is 1. The topological polar surface area (TPSA) is 65.6 Å². The first-order chi connectivity index (χ1) is 17.3. The molecule has 196 valence electrons. The lowest BCUT2D eigenvalue weighted by atomic mass is 9.76. The van der Waals surface area contributed by atoms with E-state index in [-0.39, 0.29) is 11.5 Å². The number of aromatic nitrogens is 1. The molecule has 1 saturated heterocycles. The Morgan fingerprint density at radius 3 is 2.53 bits per heavy atom. The third-order valence-electron chi connectivity index (χ3n) is 9.02. The third kappa shape index (κ3) is 4.82. The number of hydrogen-bond acceptors (Lipinski definition) is 5. The van der Waals surface area contributed by atoms with Crippen LogP contribution in [0.4, 0.5) is 0 Å². The third-order valence-corrected chi connectivity index (χ3v) is 10.6. The molecule has 2 aliphatic heterocycles. The second-order valence-corrected chi connectivity index (χ2v) is 12.5. The van der Waals surface area contributed by atoms with Crippen molar-refractivity contribution in [3.05, 3.63) is 54.1 Å². The summed E-state index contributed by atoms with van der Waals surface area (Å²) in [5.41, 5.74) is 4.54. The normalized spacial score (nSPS) is 24.4. The molecule has 2 aromatic heterocycles. The van der Waals surface area contributed by atoms with Gasteiger partial charge < -0.3 is 14.6 Å². The van der Waals surface area contributed by atoms with E-state index in [1.165, 1.54) is 41.0 Å². The van der Waals surface area contributed by atoms with Gasteiger partial charge in [-0.3, -0.25) is 14.5 Å². The van der Waals surface area contributed by atoms with E-state index in [0.717, 1.165) is 42.8 Å². The van der Waals surface area contributed by atoms with Gasteiger partial charge in [0.2, 0.25) is 0 Å². The molecule has 5 rings (SSSR count). The number of likely N-dealkylation sites (tertiary alicyclic amines) is 1. The molecule has 0 bridgehead atoms. The molecule has 1 saturated carbocycles. The number of aromatic amines is 1. The van der Waals surface area contributed by atoms with Crippen molar-refractivity contribution in [3.8, 4) is 0 Å². The number of pyridine rings is 1. The fraction of sp³-hybridized carbons (Fsp3) is 0.655. The van der Waals surface area contributed by atoms with Crippen molar-refractivity contribution >= 4 is 17.2 Å². The van der Waals surface area contributed by atoms with E-state index in [9.17, 15) is 9.59 Å². The van der Waals surface area contributed by atoms with Crippen LogP contribution in [0.15, 0.2) is 10.9 Å². The summed E-state index contributed by atoms with van der Waals surface area (Å²) in [4.78, 5) is 36.5. The second kappa shape index (κ2) is 10.4. The predicted molar refractivity (Wildman–Crippen MR) is 145 cm³/mol. The second-order valence-electron chi connectivity index (χ2n) is 11.3. The fourth-order valence-corrected chi connectivity index (χ4v) is 8.18. The number of aryl methyl sites for hydroxylation is 3. The van der Waals surface area contributed by atoms with Gasteiger partial charge in [0.1, 0.15) is 0 Å². The molecule has 1 atom stereocenters. The van der Waals surface area contributed by atoms with Crippen molar-refractivity contribution in [2.45, 2.75) is 90.8 Å². The number of H-pyrrole nitrogens is 1. The zero-order chi connectivity index (χ0) is 25.6. The lowest BCUT2D eigenvalue weighted by Gasteiger charge is -2.46. The first kappa shape index (κ1) is 25.7. The molecule has 1 N–H and O–H groups in total. The maximum absolute atomic E-state index is 13.8. The number of nitrogens with one attached hydrogen (secondary N) is 1. The number of fused-ring (bicyclic) bond motifs is 1. The van der Waals surface area contributed by atoms with Crippen molar-refractivity contribution in [1.82, 2.24) is 14.8 Å². The first-order valence-electron chi connectivity index (χ1n) is 13.6. The molecular formula is C29H41N3O3S. The predicted octanol–water partition coefficient (Wildman–Crippen LogP) is 4.94. The van der Waals surface area contributed by atoms with E-state index < -0.39 is 0 Å².